The zero-order valence-electron chi connectivity index (χ0n) is 15.0. The molecule has 1 aromatic carbocycles. The van der Waals surface area contributed by atoms with Crippen LogP contribution in [0.3, 0.4) is 0 Å². The van der Waals surface area contributed by atoms with E-state index in [2.05, 4.69) is 16.5 Å². The van der Waals surface area contributed by atoms with Crippen LogP contribution in [0, 0.1) is 6.92 Å². The van der Waals surface area contributed by atoms with Crippen LogP contribution in [0.2, 0.25) is 0 Å². The van der Waals surface area contributed by atoms with Gasteiger partial charge in [-0.1, -0.05) is 23.4 Å². The molecule has 0 fully saturated rings. The van der Waals surface area contributed by atoms with Gasteiger partial charge in [-0.2, -0.15) is 0 Å². The number of nitrogens with zero attached hydrogens (tertiary/aromatic N) is 2. The number of carbonyl (C=O) groups excluding carboxylic acids is 2. The summed E-state index contributed by atoms with van der Waals surface area (Å²) in [6.45, 7) is 1.66. The Kier molecular flexibility index (Phi) is 6.31. The first kappa shape index (κ1) is 19.2. The molecule has 0 radical (unpaired) electrons. The molecule has 3 aromatic rings. The second-order valence-corrected chi connectivity index (χ2v) is 7.95. The van der Waals surface area contributed by atoms with E-state index in [1.165, 1.54) is 9.78 Å². The summed E-state index contributed by atoms with van der Waals surface area (Å²) in [5.41, 5.74) is 0.589. The smallest absolute Gasteiger partial charge is 0.255 e. The van der Waals surface area contributed by atoms with Crippen LogP contribution in [0.5, 0.6) is 0 Å². The molecule has 1 N–H and O–H groups in total. The molecule has 0 aliphatic rings. The maximum absolute atomic E-state index is 12.8. The molecule has 0 atom stereocenters. The minimum Gasteiger partial charge on any atom is -0.360 e. The van der Waals surface area contributed by atoms with Crippen molar-refractivity contribution in [2.75, 3.05) is 18.9 Å². The van der Waals surface area contributed by atoms with Gasteiger partial charge in [0.25, 0.3) is 5.91 Å². The summed E-state index contributed by atoms with van der Waals surface area (Å²) >= 11 is 3.31. The van der Waals surface area contributed by atoms with Crippen molar-refractivity contribution in [1.29, 1.82) is 0 Å². The molecule has 8 heteroatoms. The highest BCUT2D eigenvalue weighted by Crippen LogP contribution is 2.28. The van der Waals surface area contributed by atoms with Gasteiger partial charge in [-0.15, -0.1) is 23.1 Å². The van der Waals surface area contributed by atoms with Gasteiger partial charge >= 0.3 is 0 Å². The zero-order chi connectivity index (χ0) is 19.2. The third kappa shape index (κ3) is 5.21. The van der Waals surface area contributed by atoms with Gasteiger partial charge in [0.05, 0.1) is 12.1 Å². The van der Waals surface area contributed by atoms with E-state index < -0.39 is 0 Å². The average molecular weight is 402 g/mol. The fourth-order valence-electron chi connectivity index (χ4n) is 2.41. The van der Waals surface area contributed by atoms with Crippen LogP contribution >= 0.6 is 23.1 Å². The van der Waals surface area contributed by atoms with Crippen molar-refractivity contribution in [1.82, 2.24) is 10.1 Å². The number of hydrogen-bond donors (Lipinski definition) is 1. The SMILES string of the molecule is Cc1cc(NC(=O)CN(C)C(=O)c2ccccc2SCc2cccs2)no1. The summed E-state index contributed by atoms with van der Waals surface area (Å²) in [5.74, 6) is 1.22. The molecule has 0 saturated heterocycles. The van der Waals surface area contributed by atoms with E-state index in [9.17, 15) is 9.59 Å². The molecule has 3 rings (SSSR count). The predicted molar refractivity (Wildman–Crippen MR) is 107 cm³/mol. The van der Waals surface area contributed by atoms with Crippen LogP contribution in [-0.4, -0.2) is 35.5 Å². The van der Waals surface area contributed by atoms with Gasteiger partial charge < -0.3 is 14.7 Å². The zero-order valence-corrected chi connectivity index (χ0v) is 16.6. The molecule has 0 bridgehead atoms. The van der Waals surface area contributed by atoms with Crippen LogP contribution in [0.15, 0.2) is 57.3 Å². The van der Waals surface area contributed by atoms with Crippen molar-refractivity contribution in [3.05, 3.63) is 64.0 Å². The number of thioether (sulfide) groups is 1. The molecule has 2 heterocycles. The molecular formula is C19H19N3O3S2. The monoisotopic (exact) mass is 401 g/mol. The lowest BCUT2D eigenvalue weighted by Crippen LogP contribution is -2.35. The number of thiophene rings is 1. The normalized spacial score (nSPS) is 10.6. The minimum atomic E-state index is -0.331. The Bertz CT molecular complexity index is 922. The molecule has 0 aliphatic carbocycles. The van der Waals surface area contributed by atoms with Gasteiger partial charge in [0.1, 0.15) is 5.76 Å². The van der Waals surface area contributed by atoms with Gasteiger partial charge in [0, 0.05) is 28.6 Å². The van der Waals surface area contributed by atoms with Crippen LogP contribution in [0.25, 0.3) is 0 Å². The van der Waals surface area contributed by atoms with Gasteiger partial charge in [0.2, 0.25) is 5.91 Å². The number of aromatic nitrogens is 1. The quantitative estimate of drug-likeness (QED) is 0.605. The van der Waals surface area contributed by atoms with Crippen molar-refractivity contribution in [2.45, 2.75) is 17.6 Å². The maximum atomic E-state index is 12.8. The highest BCUT2D eigenvalue weighted by atomic mass is 32.2. The number of likely N-dealkylation sites (N-methyl/N-ethyl adjacent to an activating group) is 1. The van der Waals surface area contributed by atoms with E-state index in [0.717, 1.165) is 10.6 Å². The Balaban J connectivity index is 1.63. The van der Waals surface area contributed by atoms with E-state index in [4.69, 9.17) is 4.52 Å². The molecule has 2 aromatic heterocycles. The summed E-state index contributed by atoms with van der Waals surface area (Å²) in [7, 11) is 1.61. The summed E-state index contributed by atoms with van der Waals surface area (Å²) in [6, 6.07) is 13.2. The Morgan fingerprint density at radius 3 is 2.78 bits per heavy atom. The third-order valence-electron chi connectivity index (χ3n) is 3.69. The molecule has 0 unspecified atom stereocenters. The van der Waals surface area contributed by atoms with Crippen molar-refractivity contribution in [2.24, 2.45) is 0 Å². The summed E-state index contributed by atoms with van der Waals surface area (Å²) < 4.78 is 4.91. The third-order valence-corrected chi connectivity index (χ3v) is 5.87. The van der Waals surface area contributed by atoms with E-state index in [1.54, 1.807) is 49.2 Å². The number of nitrogens with one attached hydrogen (secondary N) is 1. The highest BCUT2D eigenvalue weighted by Gasteiger charge is 2.19. The van der Waals surface area contributed by atoms with Gasteiger partial charge in [-0.3, -0.25) is 9.59 Å². The van der Waals surface area contributed by atoms with Gasteiger partial charge in [0.15, 0.2) is 5.82 Å². The van der Waals surface area contributed by atoms with Crippen molar-refractivity contribution < 1.29 is 14.1 Å². The van der Waals surface area contributed by atoms with Crippen molar-refractivity contribution in [3.8, 4) is 0 Å². The molecule has 6 nitrogen and oxygen atoms in total. The van der Waals surface area contributed by atoms with Gasteiger partial charge in [-0.05, 0) is 30.5 Å². The van der Waals surface area contributed by atoms with Crippen LogP contribution in [-0.2, 0) is 10.5 Å². The van der Waals surface area contributed by atoms with E-state index in [1.807, 2.05) is 29.6 Å². The van der Waals surface area contributed by atoms with Crippen molar-refractivity contribution >= 4 is 40.7 Å². The first-order valence-corrected chi connectivity index (χ1v) is 10.1. The number of aryl methyl sites for hydroxylation is 1. The lowest BCUT2D eigenvalue weighted by atomic mass is 10.2. The fraction of sp³-hybridized carbons (Fsp3) is 0.211. The number of hydrogen-bond acceptors (Lipinski definition) is 6. The van der Waals surface area contributed by atoms with Crippen LogP contribution < -0.4 is 5.32 Å². The molecule has 27 heavy (non-hydrogen) atoms. The molecule has 2 amide bonds. The fourth-order valence-corrected chi connectivity index (χ4v) is 4.23. The average Bonchev–Trinajstić information content (AvgIpc) is 3.31. The predicted octanol–water partition coefficient (Wildman–Crippen LogP) is 4.05. The molecule has 0 saturated carbocycles. The lowest BCUT2D eigenvalue weighted by Gasteiger charge is -2.18. The number of amides is 2. The van der Waals surface area contributed by atoms with Crippen molar-refractivity contribution in [3.63, 3.8) is 0 Å². The largest absolute Gasteiger partial charge is 0.360 e. The van der Waals surface area contributed by atoms with E-state index in [-0.39, 0.29) is 18.4 Å². The first-order valence-electron chi connectivity index (χ1n) is 8.26. The molecule has 140 valence electrons. The molecule has 0 aliphatic heterocycles. The topological polar surface area (TPSA) is 75.4 Å². The Morgan fingerprint density at radius 2 is 2.07 bits per heavy atom. The summed E-state index contributed by atoms with van der Waals surface area (Å²) in [5, 5.41) is 8.37. The van der Waals surface area contributed by atoms with E-state index >= 15 is 0 Å². The number of anilines is 1. The summed E-state index contributed by atoms with van der Waals surface area (Å²) in [4.78, 5) is 28.5. The lowest BCUT2D eigenvalue weighted by molar-refractivity contribution is -0.116. The Hall–Kier alpha value is -2.58. The first-order chi connectivity index (χ1) is 13.0. The van der Waals surface area contributed by atoms with Crippen LogP contribution in [0.4, 0.5) is 5.82 Å². The van der Waals surface area contributed by atoms with E-state index in [0.29, 0.717) is 17.1 Å². The number of carbonyl (C=O) groups is 2. The second-order valence-electron chi connectivity index (χ2n) is 5.90. The molecule has 0 spiro atoms. The second kappa shape index (κ2) is 8.88. The Morgan fingerprint density at radius 1 is 1.26 bits per heavy atom. The Labute approximate surface area is 165 Å². The number of benzene rings is 1. The minimum absolute atomic E-state index is 0.0747. The van der Waals surface area contributed by atoms with Crippen LogP contribution in [0.1, 0.15) is 21.0 Å². The standard InChI is InChI=1S/C19H19N3O3S2/c1-13-10-17(21-25-13)20-18(23)11-22(2)19(24)15-7-3-4-8-16(15)27-12-14-6-5-9-26-14/h3-10H,11-12H2,1-2H3,(H,20,21,23). The maximum Gasteiger partial charge on any atom is 0.255 e. The summed E-state index contributed by atoms with van der Waals surface area (Å²) in [6.07, 6.45) is 0. The highest BCUT2D eigenvalue weighted by molar-refractivity contribution is 7.98. The van der Waals surface area contributed by atoms with Gasteiger partial charge in [-0.25, -0.2) is 0 Å². The molecular weight excluding hydrogens is 382 g/mol. The number of rotatable bonds is 7.